The van der Waals surface area contributed by atoms with E-state index < -0.39 is 12.6 Å². The Morgan fingerprint density at radius 2 is 1.90 bits per heavy atom. The number of hydrogen-bond acceptors (Lipinski definition) is 0. The van der Waals surface area contributed by atoms with Crippen LogP contribution in [0.1, 0.15) is 19.3 Å². The Labute approximate surface area is 57.4 Å². The highest BCUT2D eigenvalue weighted by Crippen LogP contribution is 2.28. The van der Waals surface area contributed by atoms with Gasteiger partial charge in [-0.25, -0.2) is 0 Å². The average molecular weight is 148 g/mol. The van der Waals surface area contributed by atoms with Gasteiger partial charge >= 0.3 is 6.18 Å². The molecule has 0 N–H and O–H groups in total. The first-order valence-electron chi connectivity index (χ1n) is 3.13. The van der Waals surface area contributed by atoms with Crippen LogP contribution < -0.4 is 0 Å². The lowest BCUT2D eigenvalue weighted by Crippen LogP contribution is -2.04. The second kappa shape index (κ2) is 2.53. The van der Waals surface area contributed by atoms with Crippen molar-refractivity contribution in [3.8, 4) is 11.8 Å². The van der Waals surface area contributed by atoms with Gasteiger partial charge < -0.3 is 0 Å². The molecule has 0 heterocycles. The highest BCUT2D eigenvalue weighted by Gasteiger charge is 2.25. The molecule has 0 aromatic heterocycles. The van der Waals surface area contributed by atoms with Gasteiger partial charge in [0.05, 0.1) is 0 Å². The standard InChI is InChI=1S/C7H7F3/c8-7(9,10)5-1-2-6-3-4-6/h6H,3-5H2. The van der Waals surface area contributed by atoms with Crippen LogP contribution >= 0.6 is 0 Å². The minimum absolute atomic E-state index is 0.266. The maximum absolute atomic E-state index is 11.4. The molecule has 0 aromatic rings. The zero-order valence-corrected chi connectivity index (χ0v) is 5.33. The molecule has 0 bridgehead atoms. The average Bonchev–Trinajstić information content (AvgIpc) is 2.45. The Hall–Kier alpha value is -0.650. The fraction of sp³-hybridized carbons (Fsp3) is 0.714. The van der Waals surface area contributed by atoms with Crippen LogP contribution in [-0.4, -0.2) is 6.18 Å². The molecule has 1 fully saturated rings. The SMILES string of the molecule is FC(F)(F)CC#CC1CC1. The van der Waals surface area contributed by atoms with E-state index in [9.17, 15) is 13.2 Å². The maximum atomic E-state index is 11.4. The summed E-state index contributed by atoms with van der Waals surface area (Å²) in [7, 11) is 0. The van der Waals surface area contributed by atoms with Gasteiger partial charge in [0, 0.05) is 5.92 Å². The van der Waals surface area contributed by atoms with E-state index in [1.807, 2.05) is 0 Å². The molecule has 0 spiro atoms. The quantitative estimate of drug-likeness (QED) is 0.462. The molecule has 1 rings (SSSR count). The molecule has 0 atom stereocenters. The lowest BCUT2D eigenvalue weighted by molar-refractivity contribution is -0.123. The molecule has 0 nitrogen and oxygen atoms in total. The smallest absolute Gasteiger partial charge is 0.170 e. The molecule has 56 valence electrons. The Morgan fingerprint density at radius 1 is 1.30 bits per heavy atom. The molecular formula is C7H7F3. The van der Waals surface area contributed by atoms with Crippen molar-refractivity contribution in [2.24, 2.45) is 5.92 Å². The van der Waals surface area contributed by atoms with E-state index in [-0.39, 0.29) is 5.92 Å². The predicted molar refractivity (Wildman–Crippen MR) is 31.2 cm³/mol. The van der Waals surface area contributed by atoms with Gasteiger partial charge in [0.15, 0.2) is 0 Å². The summed E-state index contributed by atoms with van der Waals surface area (Å²) in [5, 5.41) is 0. The predicted octanol–water partition coefficient (Wildman–Crippen LogP) is 2.35. The minimum Gasteiger partial charge on any atom is -0.170 e. The Balaban J connectivity index is 2.21. The van der Waals surface area contributed by atoms with Crippen LogP contribution in [0.2, 0.25) is 0 Å². The Kier molecular flexibility index (Phi) is 1.89. The molecule has 1 saturated carbocycles. The first-order chi connectivity index (χ1) is 4.58. The van der Waals surface area contributed by atoms with Crippen LogP contribution in [0.3, 0.4) is 0 Å². The third-order valence-corrected chi connectivity index (χ3v) is 1.17. The van der Waals surface area contributed by atoms with Gasteiger partial charge in [0.2, 0.25) is 0 Å². The summed E-state index contributed by atoms with van der Waals surface area (Å²) in [5.74, 6) is 4.92. The van der Waals surface area contributed by atoms with Crippen LogP contribution in [0.15, 0.2) is 0 Å². The minimum atomic E-state index is -4.11. The summed E-state index contributed by atoms with van der Waals surface area (Å²) in [6, 6.07) is 0. The molecule has 1 aliphatic carbocycles. The van der Waals surface area contributed by atoms with Crippen molar-refractivity contribution in [3.05, 3.63) is 0 Å². The molecule has 0 aliphatic heterocycles. The van der Waals surface area contributed by atoms with Crippen molar-refractivity contribution in [2.75, 3.05) is 0 Å². The van der Waals surface area contributed by atoms with Crippen LogP contribution in [0.4, 0.5) is 13.2 Å². The van der Waals surface area contributed by atoms with E-state index in [0.29, 0.717) is 0 Å². The maximum Gasteiger partial charge on any atom is 0.399 e. The molecule has 1 aliphatic rings. The summed E-state index contributed by atoms with van der Waals surface area (Å²) in [6.07, 6.45) is -3.11. The zero-order chi connectivity index (χ0) is 7.61. The second-order valence-electron chi connectivity index (χ2n) is 2.39. The normalized spacial score (nSPS) is 17.9. The van der Waals surface area contributed by atoms with Crippen molar-refractivity contribution < 1.29 is 13.2 Å². The summed E-state index contributed by atoms with van der Waals surface area (Å²) in [4.78, 5) is 0. The molecule has 0 radical (unpaired) electrons. The van der Waals surface area contributed by atoms with Crippen LogP contribution in [0.25, 0.3) is 0 Å². The number of rotatable bonds is 0. The molecule has 0 saturated heterocycles. The third-order valence-electron chi connectivity index (χ3n) is 1.17. The van der Waals surface area contributed by atoms with Crippen molar-refractivity contribution in [1.82, 2.24) is 0 Å². The number of halogens is 3. The molecule has 0 amide bonds. The van der Waals surface area contributed by atoms with Crippen molar-refractivity contribution >= 4 is 0 Å². The van der Waals surface area contributed by atoms with E-state index >= 15 is 0 Å². The summed E-state index contributed by atoms with van der Waals surface area (Å²) >= 11 is 0. The summed E-state index contributed by atoms with van der Waals surface area (Å²) < 4.78 is 34.3. The van der Waals surface area contributed by atoms with E-state index in [0.717, 1.165) is 12.8 Å². The fourth-order valence-corrected chi connectivity index (χ4v) is 0.523. The number of alkyl halides is 3. The molecule has 3 heteroatoms. The highest BCUT2D eigenvalue weighted by molar-refractivity contribution is 5.09. The van der Waals surface area contributed by atoms with Gasteiger partial charge in [-0.1, -0.05) is 11.8 Å². The van der Waals surface area contributed by atoms with Gasteiger partial charge in [-0.3, -0.25) is 0 Å². The molecular weight excluding hydrogens is 141 g/mol. The Bertz CT molecular complexity index is 166. The zero-order valence-electron chi connectivity index (χ0n) is 5.33. The third kappa shape index (κ3) is 3.39. The first kappa shape index (κ1) is 7.46. The van der Waals surface area contributed by atoms with Gasteiger partial charge in [-0.15, -0.1) is 0 Å². The van der Waals surface area contributed by atoms with E-state index in [1.165, 1.54) is 0 Å². The second-order valence-corrected chi connectivity index (χ2v) is 2.39. The molecule has 0 aromatic carbocycles. The lowest BCUT2D eigenvalue weighted by atomic mass is 10.3. The lowest BCUT2D eigenvalue weighted by Gasteiger charge is -1.97. The van der Waals surface area contributed by atoms with Crippen LogP contribution in [0.5, 0.6) is 0 Å². The van der Waals surface area contributed by atoms with Crippen LogP contribution in [-0.2, 0) is 0 Å². The highest BCUT2D eigenvalue weighted by atomic mass is 19.4. The molecule has 0 unspecified atom stereocenters. The van der Waals surface area contributed by atoms with E-state index in [1.54, 1.807) is 0 Å². The van der Waals surface area contributed by atoms with E-state index in [4.69, 9.17) is 0 Å². The number of hydrogen-bond donors (Lipinski definition) is 0. The van der Waals surface area contributed by atoms with Crippen molar-refractivity contribution in [1.29, 1.82) is 0 Å². The van der Waals surface area contributed by atoms with Gasteiger partial charge in [-0.2, -0.15) is 13.2 Å². The van der Waals surface area contributed by atoms with Crippen molar-refractivity contribution in [2.45, 2.75) is 25.4 Å². The van der Waals surface area contributed by atoms with Gasteiger partial charge in [0.1, 0.15) is 6.42 Å². The van der Waals surface area contributed by atoms with Crippen molar-refractivity contribution in [3.63, 3.8) is 0 Å². The topological polar surface area (TPSA) is 0 Å². The largest absolute Gasteiger partial charge is 0.399 e. The molecule has 10 heavy (non-hydrogen) atoms. The van der Waals surface area contributed by atoms with Gasteiger partial charge in [0.25, 0.3) is 0 Å². The Morgan fingerprint density at radius 3 is 2.30 bits per heavy atom. The summed E-state index contributed by atoms with van der Waals surface area (Å²) in [6.45, 7) is 0. The summed E-state index contributed by atoms with van der Waals surface area (Å²) in [5.41, 5.74) is 0. The van der Waals surface area contributed by atoms with Gasteiger partial charge in [-0.05, 0) is 12.8 Å². The van der Waals surface area contributed by atoms with Crippen LogP contribution in [0, 0.1) is 17.8 Å². The van der Waals surface area contributed by atoms with E-state index in [2.05, 4.69) is 11.8 Å². The monoisotopic (exact) mass is 148 g/mol. The first-order valence-corrected chi connectivity index (χ1v) is 3.13. The fourth-order valence-electron chi connectivity index (χ4n) is 0.523.